The molecule has 0 saturated heterocycles. The predicted molar refractivity (Wildman–Crippen MR) is 54.8 cm³/mol. The third kappa shape index (κ3) is 3.60. The number of carbonyl (C=O) groups is 1. The van der Waals surface area contributed by atoms with Crippen LogP contribution in [-0.4, -0.2) is 37.2 Å². The molecule has 0 spiro atoms. The van der Waals surface area contributed by atoms with Crippen LogP contribution in [0.25, 0.3) is 0 Å². The number of H-pyrrole nitrogens is 1. The van der Waals surface area contributed by atoms with Crippen LogP contribution in [0, 0.1) is 6.92 Å². The number of aryl methyl sites for hydroxylation is 1. The van der Waals surface area contributed by atoms with Gasteiger partial charge in [-0.1, -0.05) is 0 Å². The molecule has 1 rings (SSSR count). The lowest BCUT2D eigenvalue weighted by molar-refractivity contribution is -0.123. The van der Waals surface area contributed by atoms with Gasteiger partial charge in [-0.15, -0.1) is 0 Å². The average Bonchev–Trinajstić information content (AvgIpc) is 2.54. The molecule has 18 heavy (non-hydrogen) atoms. The molecule has 0 aliphatic heterocycles. The van der Waals surface area contributed by atoms with Gasteiger partial charge in [0, 0.05) is 10.7 Å². The van der Waals surface area contributed by atoms with Crippen LogP contribution in [0.5, 0.6) is 0 Å². The van der Waals surface area contributed by atoms with Crippen molar-refractivity contribution in [2.75, 3.05) is 6.54 Å². The molecule has 1 aromatic heterocycles. The van der Waals surface area contributed by atoms with E-state index in [9.17, 15) is 26.4 Å². The summed E-state index contributed by atoms with van der Waals surface area (Å²) >= 11 is 0. The van der Waals surface area contributed by atoms with E-state index in [1.165, 1.54) is 12.2 Å². The van der Waals surface area contributed by atoms with Gasteiger partial charge in [0.2, 0.25) is 0 Å². The summed E-state index contributed by atoms with van der Waals surface area (Å²) in [5, 5.41) is 6.98. The van der Waals surface area contributed by atoms with E-state index in [-0.39, 0.29) is 5.69 Å². The molecule has 6 nitrogen and oxygen atoms in total. The maximum Gasteiger partial charge on any atom is 0.405 e. The molecule has 0 bridgehead atoms. The first kappa shape index (κ1) is 14.8. The molecule has 11 heteroatoms. The molecule has 1 heterocycles. The normalized spacial score (nSPS) is 12.5. The second kappa shape index (κ2) is 4.76. The zero-order chi connectivity index (χ0) is 14.1. The van der Waals surface area contributed by atoms with Crippen molar-refractivity contribution in [2.24, 2.45) is 0 Å². The molecule has 0 aliphatic carbocycles. The summed E-state index contributed by atoms with van der Waals surface area (Å²) in [6, 6.07) is 0. The highest BCUT2D eigenvalue weighted by Gasteiger charge is 2.31. The summed E-state index contributed by atoms with van der Waals surface area (Å²) in [7, 11) is 0.771. The van der Waals surface area contributed by atoms with Crippen LogP contribution in [0.2, 0.25) is 0 Å². The Kier molecular flexibility index (Phi) is 3.91. The van der Waals surface area contributed by atoms with Crippen LogP contribution < -0.4 is 5.32 Å². The number of hydrogen-bond donors (Lipinski definition) is 2. The van der Waals surface area contributed by atoms with Crippen LogP contribution >= 0.6 is 10.7 Å². The van der Waals surface area contributed by atoms with Crippen molar-refractivity contribution in [2.45, 2.75) is 18.0 Å². The molecule has 0 atom stereocenters. The minimum Gasteiger partial charge on any atom is -0.341 e. The van der Waals surface area contributed by atoms with Crippen LogP contribution in [0.4, 0.5) is 13.2 Å². The highest BCUT2D eigenvalue weighted by atomic mass is 35.7. The minimum absolute atomic E-state index is 0.0397. The van der Waals surface area contributed by atoms with Crippen molar-refractivity contribution in [3.8, 4) is 0 Å². The predicted octanol–water partition coefficient (Wildman–Crippen LogP) is 0.938. The lowest BCUT2D eigenvalue weighted by Gasteiger charge is -2.07. The van der Waals surface area contributed by atoms with E-state index in [0.29, 0.717) is 0 Å². The second-order valence-corrected chi connectivity index (χ2v) is 5.76. The summed E-state index contributed by atoms with van der Waals surface area (Å²) < 4.78 is 57.9. The van der Waals surface area contributed by atoms with Crippen LogP contribution in [0.3, 0.4) is 0 Å². The summed E-state index contributed by atoms with van der Waals surface area (Å²) in [5.41, 5.74) is -0.742. The van der Waals surface area contributed by atoms with E-state index in [4.69, 9.17) is 10.7 Å². The number of rotatable bonds is 3. The fourth-order valence-corrected chi connectivity index (χ4v) is 2.48. The van der Waals surface area contributed by atoms with E-state index < -0.39 is 38.3 Å². The smallest absolute Gasteiger partial charge is 0.341 e. The number of halogens is 4. The highest BCUT2D eigenvalue weighted by Crippen LogP contribution is 2.22. The monoisotopic (exact) mass is 305 g/mol. The van der Waals surface area contributed by atoms with Gasteiger partial charge >= 0.3 is 6.18 Å². The first-order valence-electron chi connectivity index (χ1n) is 4.37. The molecule has 0 radical (unpaired) electrons. The fraction of sp³-hybridized carbons (Fsp3) is 0.429. The maximum atomic E-state index is 11.9. The van der Waals surface area contributed by atoms with Gasteiger partial charge < -0.3 is 5.32 Å². The van der Waals surface area contributed by atoms with E-state index in [2.05, 4.69) is 10.2 Å². The van der Waals surface area contributed by atoms with Gasteiger partial charge in [-0.05, 0) is 6.92 Å². The molecule has 1 aromatic rings. The van der Waals surface area contributed by atoms with Crippen LogP contribution in [0.15, 0.2) is 4.90 Å². The molecule has 1 amide bonds. The topological polar surface area (TPSA) is 91.9 Å². The van der Waals surface area contributed by atoms with Gasteiger partial charge in [-0.25, -0.2) is 8.42 Å². The van der Waals surface area contributed by atoms with E-state index in [0.717, 1.165) is 0 Å². The SMILES string of the molecule is Cc1[nH]nc(C(=O)NCC(F)(F)F)c1S(=O)(=O)Cl. The van der Waals surface area contributed by atoms with Crippen molar-refractivity contribution in [1.82, 2.24) is 15.5 Å². The summed E-state index contributed by atoms with van der Waals surface area (Å²) in [6.07, 6.45) is -4.61. The number of carbonyl (C=O) groups excluding carboxylic acids is 1. The molecule has 102 valence electrons. The summed E-state index contributed by atoms with van der Waals surface area (Å²) in [4.78, 5) is 10.7. The van der Waals surface area contributed by atoms with Gasteiger partial charge in [0.15, 0.2) is 5.69 Å². The van der Waals surface area contributed by atoms with Crippen molar-refractivity contribution >= 4 is 25.6 Å². The van der Waals surface area contributed by atoms with Crippen molar-refractivity contribution in [3.63, 3.8) is 0 Å². The van der Waals surface area contributed by atoms with E-state index >= 15 is 0 Å². The van der Waals surface area contributed by atoms with Gasteiger partial charge in [0.25, 0.3) is 15.0 Å². The van der Waals surface area contributed by atoms with Crippen molar-refractivity contribution in [1.29, 1.82) is 0 Å². The molecule has 2 N–H and O–H groups in total. The Labute approximate surface area is 104 Å². The first-order chi connectivity index (χ1) is 8.02. The second-order valence-electron chi connectivity index (χ2n) is 3.26. The first-order valence-corrected chi connectivity index (χ1v) is 6.68. The Hall–Kier alpha value is -1.29. The van der Waals surface area contributed by atoms with E-state index in [1.807, 2.05) is 0 Å². The number of aromatic amines is 1. The van der Waals surface area contributed by atoms with Crippen LogP contribution in [0.1, 0.15) is 16.2 Å². The third-order valence-corrected chi connectivity index (χ3v) is 3.25. The maximum absolute atomic E-state index is 11.9. The van der Waals surface area contributed by atoms with Crippen LogP contribution in [-0.2, 0) is 9.05 Å². The zero-order valence-corrected chi connectivity index (χ0v) is 10.4. The third-order valence-electron chi connectivity index (χ3n) is 1.80. The average molecular weight is 306 g/mol. The lowest BCUT2D eigenvalue weighted by Crippen LogP contribution is -2.34. The molecular formula is C7H7ClF3N3O3S. The number of alkyl halides is 3. The lowest BCUT2D eigenvalue weighted by atomic mass is 10.3. The number of nitrogens with one attached hydrogen (secondary N) is 2. The number of aromatic nitrogens is 2. The van der Waals surface area contributed by atoms with Crippen molar-refractivity contribution < 1.29 is 26.4 Å². The number of hydrogen-bond acceptors (Lipinski definition) is 4. The van der Waals surface area contributed by atoms with Gasteiger partial charge in [0.05, 0.1) is 5.69 Å². The Morgan fingerprint density at radius 2 is 2.06 bits per heavy atom. The summed E-state index contributed by atoms with van der Waals surface area (Å²) in [5.74, 6) is -1.28. The summed E-state index contributed by atoms with van der Waals surface area (Å²) in [6.45, 7) is -0.331. The molecule has 0 unspecified atom stereocenters. The van der Waals surface area contributed by atoms with Crippen molar-refractivity contribution in [3.05, 3.63) is 11.4 Å². The number of amides is 1. The molecule has 0 aliphatic rings. The minimum atomic E-state index is -4.61. The standard InChI is InChI=1S/C7H7ClF3N3O3S/c1-3-5(18(8,16)17)4(14-13-3)6(15)12-2-7(9,10)11/h2H2,1H3,(H,12,15)(H,13,14). The Morgan fingerprint density at radius 3 is 2.50 bits per heavy atom. The Morgan fingerprint density at radius 1 is 1.50 bits per heavy atom. The highest BCUT2D eigenvalue weighted by molar-refractivity contribution is 8.13. The Balaban J connectivity index is 3.02. The van der Waals surface area contributed by atoms with Gasteiger partial charge in [-0.2, -0.15) is 18.3 Å². The Bertz CT molecular complexity index is 566. The molecule has 0 fully saturated rings. The fourth-order valence-electron chi connectivity index (χ4n) is 1.14. The molecule has 0 aromatic carbocycles. The largest absolute Gasteiger partial charge is 0.405 e. The molecular weight excluding hydrogens is 299 g/mol. The quantitative estimate of drug-likeness (QED) is 0.813. The van der Waals surface area contributed by atoms with Gasteiger partial charge in [-0.3, -0.25) is 9.89 Å². The number of nitrogens with zero attached hydrogens (tertiary/aromatic N) is 1. The molecule has 0 saturated carbocycles. The van der Waals surface area contributed by atoms with E-state index in [1.54, 1.807) is 0 Å². The van der Waals surface area contributed by atoms with Gasteiger partial charge in [0.1, 0.15) is 11.4 Å². The zero-order valence-electron chi connectivity index (χ0n) is 8.80.